The molecule has 2 aromatic heterocycles. The summed E-state index contributed by atoms with van der Waals surface area (Å²) in [5.74, 6) is -0.186. The summed E-state index contributed by atoms with van der Waals surface area (Å²) in [5.41, 5.74) is 1.18. The molecule has 5 heteroatoms. The lowest BCUT2D eigenvalue weighted by molar-refractivity contribution is 0.0960. The molecule has 0 aliphatic rings. The largest absolute Gasteiger partial charge is 0.354 e. The van der Waals surface area contributed by atoms with Crippen LogP contribution in [-0.2, 0) is 0 Å². The standard InChI is InChI=1S/C8H8N4O.C2H6/c1-9-8(13)7-6-2-3-10-4-12(6)5-11-7;1-2/h2-5H,1H3,(H,9,13);1-2H3. The van der Waals surface area contributed by atoms with Crippen molar-refractivity contribution in [3.8, 4) is 0 Å². The number of amides is 1. The van der Waals surface area contributed by atoms with E-state index in [9.17, 15) is 4.79 Å². The summed E-state index contributed by atoms with van der Waals surface area (Å²) in [7, 11) is 1.58. The van der Waals surface area contributed by atoms with E-state index >= 15 is 0 Å². The molecule has 0 aliphatic heterocycles. The van der Waals surface area contributed by atoms with E-state index in [4.69, 9.17) is 0 Å². The molecular weight excluding hydrogens is 192 g/mol. The minimum Gasteiger partial charge on any atom is -0.354 e. The molecule has 5 nitrogen and oxygen atoms in total. The van der Waals surface area contributed by atoms with Crippen LogP contribution in [0, 0.1) is 0 Å². The first-order valence-corrected chi connectivity index (χ1v) is 4.81. The Balaban J connectivity index is 0.000000531. The van der Waals surface area contributed by atoms with E-state index in [0.717, 1.165) is 5.52 Å². The number of carbonyl (C=O) groups excluding carboxylic acids is 1. The van der Waals surface area contributed by atoms with Crippen molar-refractivity contribution in [3.63, 3.8) is 0 Å². The number of nitrogens with one attached hydrogen (secondary N) is 1. The monoisotopic (exact) mass is 206 g/mol. The Labute approximate surface area is 88.2 Å². The van der Waals surface area contributed by atoms with Gasteiger partial charge < -0.3 is 5.32 Å². The highest BCUT2D eigenvalue weighted by molar-refractivity contribution is 5.98. The van der Waals surface area contributed by atoms with E-state index in [-0.39, 0.29) is 5.91 Å². The second kappa shape index (κ2) is 5.09. The van der Waals surface area contributed by atoms with Gasteiger partial charge in [0.2, 0.25) is 0 Å². The quantitative estimate of drug-likeness (QED) is 0.760. The average molecular weight is 206 g/mol. The fourth-order valence-corrected chi connectivity index (χ4v) is 1.14. The second-order valence-corrected chi connectivity index (χ2v) is 2.55. The summed E-state index contributed by atoms with van der Waals surface area (Å²) in [6.45, 7) is 4.00. The maximum atomic E-state index is 11.3. The summed E-state index contributed by atoms with van der Waals surface area (Å²) in [6.07, 6.45) is 4.80. The molecule has 0 aromatic carbocycles. The molecule has 0 radical (unpaired) electrons. The van der Waals surface area contributed by atoms with Gasteiger partial charge >= 0.3 is 0 Å². The number of carbonyl (C=O) groups is 1. The van der Waals surface area contributed by atoms with Crippen molar-refractivity contribution in [2.24, 2.45) is 0 Å². The summed E-state index contributed by atoms with van der Waals surface area (Å²) in [4.78, 5) is 19.2. The lowest BCUT2D eigenvalue weighted by atomic mass is 10.3. The van der Waals surface area contributed by atoms with Crippen molar-refractivity contribution < 1.29 is 4.79 Å². The van der Waals surface area contributed by atoms with E-state index in [1.54, 1.807) is 36.4 Å². The highest BCUT2D eigenvalue weighted by Gasteiger charge is 2.10. The fraction of sp³-hybridized carbons (Fsp3) is 0.300. The molecule has 2 heterocycles. The summed E-state index contributed by atoms with van der Waals surface area (Å²) < 4.78 is 1.70. The van der Waals surface area contributed by atoms with Crippen LogP contribution < -0.4 is 5.32 Å². The topological polar surface area (TPSA) is 59.3 Å². The predicted molar refractivity (Wildman–Crippen MR) is 57.7 cm³/mol. The van der Waals surface area contributed by atoms with Gasteiger partial charge in [-0.1, -0.05) is 13.8 Å². The van der Waals surface area contributed by atoms with Crippen LogP contribution in [0.4, 0.5) is 0 Å². The van der Waals surface area contributed by atoms with Gasteiger partial charge in [-0.3, -0.25) is 9.20 Å². The van der Waals surface area contributed by atoms with Gasteiger partial charge in [0.05, 0.1) is 5.52 Å². The number of hydrogen-bond acceptors (Lipinski definition) is 3. The van der Waals surface area contributed by atoms with Crippen molar-refractivity contribution in [3.05, 3.63) is 30.6 Å². The molecule has 0 aliphatic carbocycles. The van der Waals surface area contributed by atoms with Crippen LogP contribution in [0.5, 0.6) is 0 Å². The molecule has 0 saturated carbocycles. The third-order valence-corrected chi connectivity index (χ3v) is 1.78. The predicted octanol–water partition coefficient (Wildman–Crippen LogP) is 1.12. The van der Waals surface area contributed by atoms with E-state index < -0.39 is 0 Å². The fourth-order valence-electron chi connectivity index (χ4n) is 1.14. The normalized spacial score (nSPS) is 9.27. The Kier molecular flexibility index (Phi) is 3.79. The van der Waals surface area contributed by atoms with Gasteiger partial charge in [0, 0.05) is 13.2 Å². The van der Waals surface area contributed by atoms with Crippen LogP contribution in [0.25, 0.3) is 5.52 Å². The van der Waals surface area contributed by atoms with Crippen molar-refractivity contribution in [1.82, 2.24) is 19.7 Å². The Morgan fingerprint density at radius 1 is 1.40 bits per heavy atom. The first kappa shape index (κ1) is 11.2. The van der Waals surface area contributed by atoms with E-state index in [1.807, 2.05) is 13.8 Å². The lowest BCUT2D eigenvalue weighted by Gasteiger charge is -1.95. The number of imidazole rings is 1. The number of nitrogens with zero attached hydrogens (tertiary/aromatic N) is 3. The molecule has 1 N–H and O–H groups in total. The molecule has 0 spiro atoms. The van der Waals surface area contributed by atoms with Gasteiger partial charge in [-0.05, 0) is 6.07 Å². The van der Waals surface area contributed by atoms with E-state index in [2.05, 4.69) is 15.3 Å². The minimum absolute atomic E-state index is 0.186. The number of hydrogen-bond donors (Lipinski definition) is 1. The Bertz CT molecular complexity index is 449. The molecule has 0 saturated heterocycles. The van der Waals surface area contributed by atoms with Crippen LogP contribution >= 0.6 is 0 Å². The van der Waals surface area contributed by atoms with Gasteiger partial charge in [0.25, 0.3) is 5.91 Å². The Morgan fingerprint density at radius 2 is 2.13 bits per heavy atom. The number of fused-ring (bicyclic) bond motifs is 1. The van der Waals surface area contributed by atoms with Crippen LogP contribution in [0.2, 0.25) is 0 Å². The van der Waals surface area contributed by atoms with Gasteiger partial charge in [0.1, 0.15) is 12.7 Å². The third-order valence-electron chi connectivity index (χ3n) is 1.78. The van der Waals surface area contributed by atoms with Gasteiger partial charge in [-0.25, -0.2) is 9.97 Å². The van der Waals surface area contributed by atoms with Crippen LogP contribution in [0.3, 0.4) is 0 Å². The number of aromatic nitrogens is 3. The average Bonchev–Trinajstić information content (AvgIpc) is 2.74. The molecule has 0 fully saturated rings. The molecule has 0 unspecified atom stereocenters. The minimum atomic E-state index is -0.186. The zero-order valence-corrected chi connectivity index (χ0v) is 9.06. The zero-order valence-electron chi connectivity index (χ0n) is 9.06. The SMILES string of the molecule is CC.CNC(=O)c1ncn2cnccc12. The molecule has 2 aromatic rings. The van der Waals surface area contributed by atoms with Crippen LogP contribution in [0.15, 0.2) is 24.9 Å². The van der Waals surface area contributed by atoms with Crippen LogP contribution in [0.1, 0.15) is 24.3 Å². The molecule has 1 amide bonds. The van der Waals surface area contributed by atoms with E-state index in [1.165, 1.54) is 0 Å². The molecule has 15 heavy (non-hydrogen) atoms. The third kappa shape index (κ3) is 2.12. The van der Waals surface area contributed by atoms with Crippen molar-refractivity contribution >= 4 is 11.4 Å². The Hall–Kier alpha value is -1.91. The molecular formula is C10H14N4O. The van der Waals surface area contributed by atoms with E-state index in [0.29, 0.717) is 5.69 Å². The maximum Gasteiger partial charge on any atom is 0.271 e. The van der Waals surface area contributed by atoms with Crippen molar-refractivity contribution in [2.75, 3.05) is 7.05 Å². The van der Waals surface area contributed by atoms with Gasteiger partial charge in [-0.15, -0.1) is 0 Å². The summed E-state index contributed by atoms with van der Waals surface area (Å²) in [5, 5.41) is 2.52. The zero-order chi connectivity index (χ0) is 11.3. The highest BCUT2D eigenvalue weighted by atomic mass is 16.1. The van der Waals surface area contributed by atoms with Gasteiger partial charge in [0.15, 0.2) is 5.69 Å². The Morgan fingerprint density at radius 3 is 2.80 bits per heavy atom. The van der Waals surface area contributed by atoms with Gasteiger partial charge in [-0.2, -0.15) is 0 Å². The lowest BCUT2D eigenvalue weighted by Crippen LogP contribution is -2.18. The maximum absolute atomic E-state index is 11.3. The smallest absolute Gasteiger partial charge is 0.271 e. The van der Waals surface area contributed by atoms with Crippen LogP contribution in [-0.4, -0.2) is 27.3 Å². The highest BCUT2D eigenvalue weighted by Crippen LogP contribution is 2.06. The molecule has 80 valence electrons. The first-order valence-electron chi connectivity index (χ1n) is 4.81. The van der Waals surface area contributed by atoms with Crippen molar-refractivity contribution in [1.29, 1.82) is 0 Å². The molecule has 0 bridgehead atoms. The summed E-state index contributed by atoms with van der Waals surface area (Å²) >= 11 is 0. The second-order valence-electron chi connectivity index (χ2n) is 2.55. The molecule has 2 rings (SSSR count). The summed E-state index contributed by atoms with van der Waals surface area (Å²) in [6, 6.07) is 1.75. The molecule has 0 atom stereocenters. The first-order chi connectivity index (χ1) is 7.33. The number of rotatable bonds is 1. The van der Waals surface area contributed by atoms with Crippen molar-refractivity contribution in [2.45, 2.75) is 13.8 Å².